The molecule has 0 spiro atoms. The van der Waals surface area contributed by atoms with E-state index in [1.807, 2.05) is 31.3 Å². The Morgan fingerprint density at radius 3 is 2.57 bits per heavy atom. The lowest BCUT2D eigenvalue weighted by atomic mass is 9.96. The molecule has 0 saturated carbocycles. The van der Waals surface area contributed by atoms with Gasteiger partial charge >= 0.3 is 5.97 Å². The van der Waals surface area contributed by atoms with Gasteiger partial charge < -0.3 is 15.0 Å². The van der Waals surface area contributed by atoms with Crippen molar-refractivity contribution in [1.82, 2.24) is 9.88 Å². The number of hydrogen-bond donors (Lipinski definition) is 2. The molecule has 0 aromatic carbocycles. The maximum Gasteiger partial charge on any atom is 0.308 e. The summed E-state index contributed by atoms with van der Waals surface area (Å²) in [5.41, 5.74) is 1.00. The second kappa shape index (κ2) is 4.28. The van der Waals surface area contributed by atoms with Gasteiger partial charge in [-0.1, -0.05) is 6.92 Å². The van der Waals surface area contributed by atoms with Crippen LogP contribution in [0.5, 0.6) is 0 Å². The number of hydrogen-bond acceptors (Lipinski definition) is 2. The molecule has 4 heteroatoms. The third-order valence-electron chi connectivity index (χ3n) is 2.38. The van der Waals surface area contributed by atoms with Crippen molar-refractivity contribution in [2.75, 3.05) is 14.1 Å². The van der Waals surface area contributed by atoms with Crippen LogP contribution in [-0.4, -0.2) is 35.1 Å². The van der Waals surface area contributed by atoms with Crippen LogP contribution >= 0.6 is 0 Å². The van der Waals surface area contributed by atoms with Crippen molar-refractivity contribution in [2.45, 2.75) is 13.0 Å². The summed E-state index contributed by atoms with van der Waals surface area (Å²) in [6, 6.07) is 1.82. The lowest BCUT2D eigenvalue weighted by molar-refractivity contribution is -0.143. The molecule has 2 unspecified atom stereocenters. The monoisotopic (exact) mass is 196 g/mol. The zero-order chi connectivity index (χ0) is 10.7. The van der Waals surface area contributed by atoms with Crippen LogP contribution in [0.3, 0.4) is 0 Å². The minimum Gasteiger partial charge on any atom is -0.481 e. The maximum absolute atomic E-state index is 10.9. The van der Waals surface area contributed by atoms with E-state index in [2.05, 4.69) is 4.98 Å². The number of nitrogens with one attached hydrogen (secondary N) is 1. The Morgan fingerprint density at radius 2 is 2.21 bits per heavy atom. The molecule has 0 bridgehead atoms. The average molecular weight is 196 g/mol. The molecule has 0 fully saturated rings. The average Bonchev–Trinajstić information content (AvgIpc) is 2.56. The molecule has 1 heterocycles. The van der Waals surface area contributed by atoms with Gasteiger partial charge in [-0.2, -0.15) is 0 Å². The first-order chi connectivity index (χ1) is 6.54. The minimum atomic E-state index is -0.773. The fraction of sp³-hybridized carbons (Fsp3) is 0.500. The van der Waals surface area contributed by atoms with Crippen molar-refractivity contribution in [3.63, 3.8) is 0 Å². The number of aromatic amines is 1. The van der Waals surface area contributed by atoms with Gasteiger partial charge in [-0.05, 0) is 25.7 Å². The van der Waals surface area contributed by atoms with Crippen molar-refractivity contribution in [3.05, 3.63) is 24.0 Å². The van der Waals surface area contributed by atoms with E-state index >= 15 is 0 Å². The second-order valence-corrected chi connectivity index (χ2v) is 3.68. The highest BCUT2D eigenvalue weighted by Crippen LogP contribution is 2.26. The van der Waals surface area contributed by atoms with Crippen LogP contribution in [0, 0.1) is 5.92 Å². The summed E-state index contributed by atoms with van der Waals surface area (Å²) in [6.45, 7) is 1.72. The first-order valence-electron chi connectivity index (χ1n) is 4.56. The summed E-state index contributed by atoms with van der Waals surface area (Å²) in [6.07, 6.45) is 3.64. The number of nitrogens with zero attached hydrogens (tertiary/aromatic N) is 1. The van der Waals surface area contributed by atoms with Gasteiger partial charge in [-0.15, -0.1) is 0 Å². The summed E-state index contributed by atoms with van der Waals surface area (Å²) < 4.78 is 0. The van der Waals surface area contributed by atoms with Gasteiger partial charge in [0, 0.05) is 18.4 Å². The Balaban J connectivity index is 2.91. The van der Waals surface area contributed by atoms with Gasteiger partial charge in [0.2, 0.25) is 0 Å². The number of carboxylic acids is 1. The zero-order valence-electron chi connectivity index (χ0n) is 8.69. The Bertz CT molecular complexity index is 293. The van der Waals surface area contributed by atoms with Crippen molar-refractivity contribution < 1.29 is 9.90 Å². The first kappa shape index (κ1) is 10.8. The van der Waals surface area contributed by atoms with Gasteiger partial charge in [-0.3, -0.25) is 4.79 Å². The van der Waals surface area contributed by atoms with Crippen LogP contribution in [0.15, 0.2) is 18.5 Å². The molecular formula is C10H16N2O2. The summed E-state index contributed by atoms with van der Waals surface area (Å²) in [5, 5.41) is 8.96. The predicted octanol–water partition coefficient (Wildman–Crippen LogP) is 1.34. The minimum absolute atomic E-state index is 0.0845. The first-order valence-corrected chi connectivity index (χ1v) is 4.56. The summed E-state index contributed by atoms with van der Waals surface area (Å²) in [7, 11) is 3.77. The summed E-state index contributed by atoms with van der Waals surface area (Å²) in [5.74, 6) is -1.19. The quantitative estimate of drug-likeness (QED) is 0.764. The number of aromatic nitrogens is 1. The summed E-state index contributed by atoms with van der Waals surface area (Å²) >= 11 is 0. The number of carboxylic acid groups (broad SMARTS) is 1. The van der Waals surface area contributed by atoms with Crippen LogP contribution in [0.25, 0.3) is 0 Å². The number of aliphatic carboxylic acids is 1. The van der Waals surface area contributed by atoms with Gasteiger partial charge in [0.1, 0.15) is 0 Å². The van der Waals surface area contributed by atoms with E-state index in [9.17, 15) is 4.79 Å². The molecular weight excluding hydrogens is 180 g/mol. The van der Waals surface area contributed by atoms with Crippen LogP contribution in [-0.2, 0) is 4.79 Å². The second-order valence-electron chi connectivity index (χ2n) is 3.68. The molecule has 0 aliphatic heterocycles. The molecule has 0 saturated heterocycles. The molecule has 0 aliphatic rings. The third kappa shape index (κ3) is 2.14. The Hall–Kier alpha value is -1.29. The van der Waals surface area contributed by atoms with E-state index in [0.29, 0.717) is 0 Å². The topological polar surface area (TPSA) is 56.3 Å². The molecule has 1 aromatic heterocycles. The molecule has 0 radical (unpaired) electrons. The lowest BCUT2D eigenvalue weighted by Crippen LogP contribution is -2.30. The van der Waals surface area contributed by atoms with E-state index in [4.69, 9.17) is 5.11 Å². The van der Waals surface area contributed by atoms with Crippen LogP contribution in [0.2, 0.25) is 0 Å². The molecule has 0 aliphatic carbocycles. The highest BCUT2D eigenvalue weighted by atomic mass is 16.4. The van der Waals surface area contributed by atoms with Gasteiger partial charge in [0.15, 0.2) is 0 Å². The van der Waals surface area contributed by atoms with Crippen LogP contribution in [0.1, 0.15) is 18.5 Å². The Labute approximate surface area is 83.5 Å². The number of carbonyl (C=O) groups is 1. The molecule has 2 N–H and O–H groups in total. The van der Waals surface area contributed by atoms with Crippen molar-refractivity contribution in [1.29, 1.82) is 0 Å². The van der Waals surface area contributed by atoms with E-state index in [1.165, 1.54) is 0 Å². The third-order valence-corrected chi connectivity index (χ3v) is 2.38. The van der Waals surface area contributed by atoms with Crippen LogP contribution in [0.4, 0.5) is 0 Å². The maximum atomic E-state index is 10.9. The fourth-order valence-electron chi connectivity index (χ4n) is 1.69. The number of H-pyrrole nitrogens is 1. The Kier molecular flexibility index (Phi) is 3.30. The van der Waals surface area contributed by atoms with Crippen molar-refractivity contribution >= 4 is 5.97 Å². The molecule has 1 rings (SSSR count). The molecule has 0 amide bonds. The molecule has 2 atom stereocenters. The van der Waals surface area contributed by atoms with E-state index in [1.54, 1.807) is 13.1 Å². The van der Waals surface area contributed by atoms with E-state index in [0.717, 1.165) is 5.56 Å². The number of rotatable bonds is 4. The van der Waals surface area contributed by atoms with E-state index in [-0.39, 0.29) is 6.04 Å². The highest BCUT2D eigenvalue weighted by Gasteiger charge is 2.26. The van der Waals surface area contributed by atoms with Gasteiger partial charge in [0.25, 0.3) is 0 Å². The lowest BCUT2D eigenvalue weighted by Gasteiger charge is -2.26. The Morgan fingerprint density at radius 1 is 1.57 bits per heavy atom. The highest BCUT2D eigenvalue weighted by molar-refractivity contribution is 5.70. The van der Waals surface area contributed by atoms with Gasteiger partial charge in [-0.25, -0.2) is 0 Å². The van der Waals surface area contributed by atoms with E-state index < -0.39 is 11.9 Å². The van der Waals surface area contributed by atoms with Crippen molar-refractivity contribution in [2.24, 2.45) is 5.92 Å². The van der Waals surface area contributed by atoms with Gasteiger partial charge in [0.05, 0.1) is 5.92 Å². The largest absolute Gasteiger partial charge is 0.481 e. The van der Waals surface area contributed by atoms with Crippen LogP contribution < -0.4 is 0 Å². The summed E-state index contributed by atoms with van der Waals surface area (Å²) in [4.78, 5) is 15.8. The molecule has 78 valence electrons. The smallest absolute Gasteiger partial charge is 0.308 e. The standard InChI is InChI=1S/C10H16N2O2/c1-7(10(13)14)9(12(2)3)8-4-5-11-6-8/h4-7,9,11H,1-3H3,(H,13,14). The zero-order valence-corrected chi connectivity index (χ0v) is 8.69. The van der Waals surface area contributed by atoms with Crippen molar-refractivity contribution in [3.8, 4) is 0 Å². The SMILES string of the molecule is CC(C(=O)O)C(c1cc[nH]c1)N(C)C. The predicted molar refractivity (Wildman–Crippen MR) is 54.0 cm³/mol. The molecule has 14 heavy (non-hydrogen) atoms. The normalized spacial score (nSPS) is 15.4. The fourth-order valence-corrected chi connectivity index (χ4v) is 1.69. The molecule has 1 aromatic rings. The molecule has 4 nitrogen and oxygen atoms in total.